The summed E-state index contributed by atoms with van der Waals surface area (Å²) in [6.45, 7) is 2.65. The number of hydrogen-bond donors (Lipinski definition) is 0. The van der Waals surface area contributed by atoms with Gasteiger partial charge in [0.05, 0.1) is 6.61 Å². The third-order valence-electron chi connectivity index (χ3n) is 0.964. The van der Waals surface area contributed by atoms with Crippen molar-refractivity contribution in [1.82, 2.24) is 0 Å². The van der Waals surface area contributed by atoms with Crippen LogP contribution in [0, 0.1) is 0 Å². The molecule has 0 radical (unpaired) electrons. The normalized spacial score (nSPS) is 10.1. The van der Waals surface area contributed by atoms with E-state index in [9.17, 15) is 13.6 Å². The van der Waals surface area contributed by atoms with E-state index in [1.165, 1.54) is 0 Å². The second-order valence-electron chi connectivity index (χ2n) is 1.89. The number of halogens is 2. The Morgan fingerprint density at radius 1 is 1.64 bits per heavy atom. The molecule has 4 heteroatoms. The van der Waals surface area contributed by atoms with Gasteiger partial charge < -0.3 is 4.74 Å². The van der Waals surface area contributed by atoms with Gasteiger partial charge in [-0.25, -0.2) is 8.78 Å². The zero-order valence-electron chi connectivity index (χ0n) is 6.06. The summed E-state index contributed by atoms with van der Waals surface area (Å²) in [5, 5.41) is 0. The van der Waals surface area contributed by atoms with Gasteiger partial charge in [-0.1, -0.05) is 6.58 Å². The summed E-state index contributed by atoms with van der Waals surface area (Å²) in [6.07, 6.45) is -1.20. The van der Waals surface area contributed by atoms with Crippen LogP contribution in [0.4, 0.5) is 8.78 Å². The quantitative estimate of drug-likeness (QED) is 0.438. The summed E-state index contributed by atoms with van der Waals surface area (Å²) >= 11 is 0. The number of rotatable bonds is 6. The van der Waals surface area contributed by atoms with Gasteiger partial charge in [0.25, 0.3) is 6.43 Å². The number of alkyl halides is 2. The molecule has 64 valence electrons. The first-order chi connectivity index (χ1) is 5.16. The Balaban J connectivity index is 3.14. The first-order valence-electron chi connectivity index (χ1n) is 3.18. The molecule has 0 fully saturated rings. The number of ether oxygens (including phenoxy) is 1. The largest absolute Gasteiger partial charge is 0.375 e. The molecular formula is C7H10F2O2. The van der Waals surface area contributed by atoms with E-state index in [1.807, 2.05) is 0 Å². The van der Waals surface area contributed by atoms with Crippen LogP contribution < -0.4 is 0 Å². The summed E-state index contributed by atoms with van der Waals surface area (Å²) in [4.78, 5) is 10.5. The fourth-order valence-electron chi connectivity index (χ4n) is 0.447. The lowest BCUT2D eigenvalue weighted by Crippen LogP contribution is -2.07. The average Bonchev–Trinajstić information content (AvgIpc) is 1.97. The summed E-state index contributed by atoms with van der Waals surface area (Å²) in [5.41, 5.74) is 0. The van der Waals surface area contributed by atoms with Gasteiger partial charge in [-0.05, 0) is 6.08 Å². The fraction of sp³-hybridized carbons (Fsp3) is 0.571. The maximum atomic E-state index is 11.4. The third-order valence-corrected chi connectivity index (χ3v) is 0.964. The van der Waals surface area contributed by atoms with Crippen molar-refractivity contribution in [3.63, 3.8) is 0 Å². The molecule has 0 N–H and O–H groups in total. The van der Waals surface area contributed by atoms with Gasteiger partial charge in [0.2, 0.25) is 0 Å². The molecule has 0 spiro atoms. The second-order valence-corrected chi connectivity index (χ2v) is 1.89. The predicted octanol–water partition coefficient (Wildman–Crippen LogP) is 1.41. The van der Waals surface area contributed by atoms with E-state index in [0.29, 0.717) is 0 Å². The predicted molar refractivity (Wildman–Crippen MR) is 36.6 cm³/mol. The molecule has 0 aromatic rings. The molecule has 0 bridgehead atoms. The smallest absolute Gasteiger partial charge is 0.261 e. The molecule has 0 aromatic heterocycles. The Morgan fingerprint density at radius 3 is 2.73 bits per heavy atom. The van der Waals surface area contributed by atoms with Crippen molar-refractivity contribution >= 4 is 5.78 Å². The maximum Gasteiger partial charge on any atom is 0.261 e. The highest BCUT2D eigenvalue weighted by atomic mass is 19.3. The Kier molecular flexibility index (Phi) is 5.56. The SMILES string of the molecule is C=CC(=O)CCOCC(F)F. The summed E-state index contributed by atoms with van der Waals surface area (Å²) in [6, 6.07) is 0. The van der Waals surface area contributed by atoms with Crippen LogP contribution >= 0.6 is 0 Å². The van der Waals surface area contributed by atoms with E-state index in [4.69, 9.17) is 0 Å². The van der Waals surface area contributed by atoms with E-state index in [1.54, 1.807) is 0 Å². The number of ketones is 1. The van der Waals surface area contributed by atoms with Crippen molar-refractivity contribution in [3.8, 4) is 0 Å². The van der Waals surface area contributed by atoms with Crippen LogP contribution in [-0.4, -0.2) is 25.4 Å². The molecule has 0 heterocycles. The third kappa shape index (κ3) is 7.12. The highest BCUT2D eigenvalue weighted by Gasteiger charge is 2.02. The van der Waals surface area contributed by atoms with Crippen LogP contribution in [0.5, 0.6) is 0 Å². The molecular weight excluding hydrogens is 154 g/mol. The average molecular weight is 164 g/mol. The minimum absolute atomic E-state index is 0.0369. The zero-order chi connectivity index (χ0) is 8.69. The van der Waals surface area contributed by atoms with E-state index >= 15 is 0 Å². The molecule has 0 saturated carbocycles. The maximum absolute atomic E-state index is 11.4. The van der Waals surface area contributed by atoms with Gasteiger partial charge in [-0.3, -0.25) is 4.79 Å². The van der Waals surface area contributed by atoms with Gasteiger partial charge in [0.15, 0.2) is 5.78 Å². The Labute approximate surface area is 63.8 Å². The van der Waals surface area contributed by atoms with Crippen molar-refractivity contribution < 1.29 is 18.3 Å². The van der Waals surface area contributed by atoms with Crippen molar-refractivity contribution in [2.24, 2.45) is 0 Å². The molecule has 0 aromatic carbocycles. The van der Waals surface area contributed by atoms with E-state index < -0.39 is 13.0 Å². The van der Waals surface area contributed by atoms with Crippen molar-refractivity contribution in [2.45, 2.75) is 12.8 Å². The van der Waals surface area contributed by atoms with Gasteiger partial charge >= 0.3 is 0 Å². The van der Waals surface area contributed by atoms with Gasteiger partial charge in [0.1, 0.15) is 6.61 Å². The molecule has 0 saturated heterocycles. The van der Waals surface area contributed by atoms with Crippen LogP contribution in [0.15, 0.2) is 12.7 Å². The monoisotopic (exact) mass is 164 g/mol. The highest BCUT2D eigenvalue weighted by molar-refractivity contribution is 5.89. The molecule has 0 unspecified atom stereocenters. The van der Waals surface area contributed by atoms with E-state index in [0.717, 1.165) is 6.08 Å². The first kappa shape index (κ1) is 10.2. The lowest BCUT2D eigenvalue weighted by Gasteiger charge is -1.99. The number of allylic oxidation sites excluding steroid dienone is 1. The molecule has 2 nitrogen and oxygen atoms in total. The number of carbonyl (C=O) groups is 1. The van der Waals surface area contributed by atoms with Gasteiger partial charge in [-0.15, -0.1) is 0 Å². The number of carbonyl (C=O) groups excluding carboxylic acids is 1. The molecule has 0 aliphatic carbocycles. The van der Waals surface area contributed by atoms with Crippen LogP contribution in [0.1, 0.15) is 6.42 Å². The molecule has 0 aliphatic rings. The van der Waals surface area contributed by atoms with Crippen molar-refractivity contribution in [3.05, 3.63) is 12.7 Å². The fourth-order valence-corrected chi connectivity index (χ4v) is 0.447. The first-order valence-corrected chi connectivity index (χ1v) is 3.18. The van der Waals surface area contributed by atoms with Crippen LogP contribution in [0.2, 0.25) is 0 Å². The standard InChI is InChI=1S/C7H10F2O2/c1-2-6(10)3-4-11-5-7(8)9/h2,7H,1,3-5H2. The molecule has 0 atom stereocenters. The molecule has 0 rings (SSSR count). The van der Waals surface area contributed by atoms with E-state index in [2.05, 4.69) is 11.3 Å². The molecule has 0 amide bonds. The van der Waals surface area contributed by atoms with Crippen molar-refractivity contribution in [1.29, 1.82) is 0 Å². The van der Waals surface area contributed by atoms with Gasteiger partial charge in [-0.2, -0.15) is 0 Å². The Morgan fingerprint density at radius 2 is 2.27 bits per heavy atom. The molecule has 0 aliphatic heterocycles. The minimum atomic E-state index is -2.46. The zero-order valence-corrected chi connectivity index (χ0v) is 6.06. The second kappa shape index (κ2) is 5.97. The van der Waals surface area contributed by atoms with Crippen molar-refractivity contribution in [2.75, 3.05) is 13.2 Å². The topological polar surface area (TPSA) is 26.3 Å². The number of hydrogen-bond acceptors (Lipinski definition) is 2. The molecule has 11 heavy (non-hydrogen) atoms. The Bertz CT molecular complexity index is 134. The summed E-state index contributed by atoms with van der Waals surface area (Å²) in [7, 11) is 0. The summed E-state index contributed by atoms with van der Waals surface area (Å²) < 4.78 is 27.3. The minimum Gasteiger partial charge on any atom is -0.375 e. The van der Waals surface area contributed by atoms with E-state index in [-0.39, 0.29) is 18.8 Å². The highest BCUT2D eigenvalue weighted by Crippen LogP contribution is 1.93. The summed E-state index contributed by atoms with van der Waals surface area (Å²) in [5.74, 6) is -0.195. The van der Waals surface area contributed by atoms with Crippen LogP contribution in [-0.2, 0) is 9.53 Å². The van der Waals surface area contributed by atoms with Gasteiger partial charge in [0, 0.05) is 6.42 Å². The van der Waals surface area contributed by atoms with Crippen LogP contribution in [0.3, 0.4) is 0 Å². The lowest BCUT2D eigenvalue weighted by molar-refractivity contribution is -0.116. The Hall–Kier alpha value is -0.770. The lowest BCUT2D eigenvalue weighted by atomic mass is 10.3. The van der Waals surface area contributed by atoms with Crippen LogP contribution in [0.25, 0.3) is 0 Å².